The molecule has 0 aliphatic heterocycles. The van der Waals surface area contributed by atoms with Crippen LogP contribution in [0.4, 0.5) is 0 Å². The van der Waals surface area contributed by atoms with Gasteiger partial charge in [-0.15, -0.1) is 0 Å². The zero-order chi connectivity index (χ0) is 15.1. The van der Waals surface area contributed by atoms with Crippen LogP contribution in [0.5, 0.6) is 0 Å². The summed E-state index contributed by atoms with van der Waals surface area (Å²) < 4.78 is 0. The van der Waals surface area contributed by atoms with Crippen LogP contribution in [0, 0.1) is 0 Å². The molecule has 0 spiro atoms. The van der Waals surface area contributed by atoms with Crippen LogP contribution in [-0.4, -0.2) is 11.9 Å². The molecule has 0 aliphatic carbocycles. The van der Waals surface area contributed by atoms with Gasteiger partial charge in [0.15, 0.2) is 0 Å². The molecule has 0 amide bonds. The van der Waals surface area contributed by atoms with Gasteiger partial charge in [0.2, 0.25) is 0 Å². The molecule has 7 heteroatoms. The van der Waals surface area contributed by atoms with E-state index in [4.69, 9.17) is 23.2 Å². The Hall–Kier alpha value is -1.42. The van der Waals surface area contributed by atoms with Crippen molar-refractivity contribution < 1.29 is 39.3 Å². The molecule has 0 unspecified atom stereocenters. The van der Waals surface area contributed by atoms with Crippen LogP contribution in [0.1, 0.15) is 20.7 Å². The Bertz CT molecular complexity index is 542. The van der Waals surface area contributed by atoms with Crippen molar-refractivity contribution >= 4 is 35.1 Å². The van der Waals surface area contributed by atoms with Crippen LogP contribution in [0.15, 0.2) is 48.5 Å². The fourth-order valence-electron chi connectivity index (χ4n) is 1.17. The maximum Gasteiger partial charge on any atom is 2.00 e. The smallest absolute Gasteiger partial charge is 0.545 e. The predicted molar refractivity (Wildman–Crippen MR) is 71.6 cm³/mol. The zero-order valence-electron chi connectivity index (χ0n) is 10.7. The minimum Gasteiger partial charge on any atom is -0.545 e. The van der Waals surface area contributed by atoms with Gasteiger partial charge >= 0.3 is 19.5 Å². The fraction of sp³-hybridized carbons (Fsp3) is 0. The third kappa shape index (κ3) is 7.23. The average molecular weight is 377 g/mol. The minimum atomic E-state index is -1.18. The molecule has 0 N–H and O–H groups in total. The summed E-state index contributed by atoms with van der Waals surface area (Å²) in [7, 11) is 0. The largest absolute Gasteiger partial charge is 2.00 e. The summed E-state index contributed by atoms with van der Waals surface area (Å²) in [4.78, 5) is 20.3. The average Bonchev–Trinajstić information content (AvgIpc) is 2.40. The summed E-state index contributed by atoms with van der Waals surface area (Å²) in [6.07, 6.45) is 0. The molecule has 4 nitrogen and oxygen atoms in total. The summed E-state index contributed by atoms with van der Waals surface area (Å²) in [6.45, 7) is 0. The van der Waals surface area contributed by atoms with E-state index in [2.05, 4.69) is 0 Å². The molecule has 0 aliphatic rings. The van der Waals surface area contributed by atoms with E-state index in [1.54, 1.807) is 0 Å². The summed E-state index contributed by atoms with van der Waals surface area (Å²) in [5, 5.41) is 21.4. The van der Waals surface area contributed by atoms with Crippen LogP contribution in [-0.2, 0) is 19.5 Å². The molecule has 0 bridgehead atoms. The first-order chi connectivity index (χ1) is 9.40. The molecule has 2 aromatic carbocycles. The van der Waals surface area contributed by atoms with Gasteiger partial charge in [-0.1, -0.05) is 47.5 Å². The van der Waals surface area contributed by atoms with Gasteiger partial charge in [-0.25, -0.2) is 0 Å². The molecule has 0 aromatic heterocycles. The van der Waals surface area contributed by atoms with Gasteiger partial charge in [0, 0.05) is 10.0 Å². The molecule has 0 fully saturated rings. The van der Waals surface area contributed by atoms with E-state index in [0.29, 0.717) is 10.0 Å². The number of carbonyl (C=O) groups excluding carboxylic acids is 2. The number of rotatable bonds is 2. The van der Waals surface area contributed by atoms with Crippen molar-refractivity contribution in [3.63, 3.8) is 0 Å². The summed E-state index contributed by atoms with van der Waals surface area (Å²) in [6, 6.07) is 11.6. The molecule has 104 valence electrons. The van der Waals surface area contributed by atoms with Crippen molar-refractivity contribution in [2.24, 2.45) is 0 Å². The van der Waals surface area contributed by atoms with Crippen LogP contribution in [0.3, 0.4) is 0 Å². The Morgan fingerprint density at radius 1 is 0.667 bits per heavy atom. The van der Waals surface area contributed by atoms with E-state index in [1.807, 2.05) is 0 Å². The molecule has 0 saturated carbocycles. The molecule has 0 atom stereocenters. The van der Waals surface area contributed by atoms with Crippen molar-refractivity contribution in [1.82, 2.24) is 0 Å². The quantitative estimate of drug-likeness (QED) is 0.742. The summed E-state index contributed by atoms with van der Waals surface area (Å²) in [5.74, 6) is -2.37. The van der Waals surface area contributed by atoms with E-state index in [9.17, 15) is 19.8 Å². The van der Waals surface area contributed by atoms with Gasteiger partial charge in [-0.3, -0.25) is 0 Å². The number of halogens is 2. The van der Waals surface area contributed by atoms with Gasteiger partial charge in [0.25, 0.3) is 0 Å². The van der Waals surface area contributed by atoms with E-state index in [-0.39, 0.29) is 30.6 Å². The minimum absolute atomic E-state index is 0. The Morgan fingerprint density at radius 2 is 0.905 bits per heavy atom. The summed E-state index contributed by atoms with van der Waals surface area (Å²) >= 11 is 11.0. The van der Waals surface area contributed by atoms with Crippen LogP contribution in [0.2, 0.25) is 10.0 Å². The molecule has 21 heavy (non-hydrogen) atoms. The monoisotopic (exact) mass is 374 g/mol. The number of carbonyl (C=O) groups is 2. The van der Waals surface area contributed by atoms with E-state index < -0.39 is 11.9 Å². The number of benzene rings is 2. The van der Waals surface area contributed by atoms with Crippen LogP contribution < -0.4 is 10.2 Å². The van der Waals surface area contributed by atoms with Gasteiger partial charge in [0.05, 0.1) is 11.9 Å². The second-order valence-electron chi connectivity index (χ2n) is 3.59. The number of hydrogen-bond acceptors (Lipinski definition) is 4. The van der Waals surface area contributed by atoms with Gasteiger partial charge in [0.1, 0.15) is 0 Å². The SMILES string of the molecule is O=C([O-])c1ccc(Cl)cc1.O=C([O-])c1ccc(Cl)cc1.[Zn+2]. The van der Waals surface area contributed by atoms with Crippen molar-refractivity contribution in [2.75, 3.05) is 0 Å². The van der Waals surface area contributed by atoms with Crippen molar-refractivity contribution in [2.45, 2.75) is 0 Å². The van der Waals surface area contributed by atoms with Gasteiger partial charge in [-0.05, 0) is 35.4 Å². The molecule has 2 rings (SSSR count). The second kappa shape index (κ2) is 9.51. The molecule has 0 heterocycles. The van der Waals surface area contributed by atoms with E-state index >= 15 is 0 Å². The fourth-order valence-corrected chi connectivity index (χ4v) is 1.42. The maximum atomic E-state index is 10.2. The van der Waals surface area contributed by atoms with Crippen LogP contribution >= 0.6 is 23.2 Å². The normalized spacial score (nSPS) is 8.86. The Morgan fingerprint density at radius 3 is 1.10 bits per heavy atom. The van der Waals surface area contributed by atoms with Crippen molar-refractivity contribution in [3.05, 3.63) is 69.7 Å². The zero-order valence-corrected chi connectivity index (χ0v) is 15.2. The maximum absolute atomic E-state index is 10.2. The molecule has 2 aromatic rings. The molecular weight excluding hydrogens is 368 g/mol. The van der Waals surface area contributed by atoms with Crippen LogP contribution in [0.25, 0.3) is 0 Å². The first kappa shape index (κ1) is 19.6. The third-order valence-electron chi connectivity index (χ3n) is 2.16. The standard InChI is InChI=1S/2C7H5ClO2.Zn/c2*8-6-3-1-5(2-4-6)7(9)10;/h2*1-4H,(H,9,10);/q;;+2/p-2. The Balaban J connectivity index is 0.000000364. The van der Waals surface area contributed by atoms with E-state index in [1.165, 1.54) is 48.5 Å². The number of carboxylic acids is 2. The number of hydrogen-bond donors (Lipinski definition) is 0. The second-order valence-corrected chi connectivity index (χ2v) is 4.46. The molecule has 0 saturated heterocycles. The Labute approximate surface area is 144 Å². The predicted octanol–water partition coefficient (Wildman–Crippen LogP) is 1.40. The first-order valence-corrected chi connectivity index (χ1v) is 6.09. The van der Waals surface area contributed by atoms with E-state index in [0.717, 1.165) is 0 Å². The molecular formula is C14H8Cl2O4Zn. The number of aromatic carboxylic acids is 2. The summed E-state index contributed by atoms with van der Waals surface area (Å²) in [5.41, 5.74) is 0.286. The third-order valence-corrected chi connectivity index (χ3v) is 2.66. The first-order valence-electron chi connectivity index (χ1n) is 5.34. The Kier molecular flexibility index (Phi) is 8.87. The van der Waals surface area contributed by atoms with Gasteiger partial charge < -0.3 is 19.8 Å². The van der Waals surface area contributed by atoms with Crippen molar-refractivity contribution in [1.29, 1.82) is 0 Å². The molecule has 0 radical (unpaired) electrons. The number of carboxylic acid groups (broad SMARTS) is 2. The van der Waals surface area contributed by atoms with Crippen molar-refractivity contribution in [3.8, 4) is 0 Å². The van der Waals surface area contributed by atoms with Gasteiger partial charge in [-0.2, -0.15) is 0 Å². The topological polar surface area (TPSA) is 80.3 Å².